The summed E-state index contributed by atoms with van der Waals surface area (Å²) in [5.74, 6) is -1.10. The average Bonchev–Trinajstić information content (AvgIpc) is 3.57. The third kappa shape index (κ3) is 4.66. The Morgan fingerprint density at radius 2 is 1.43 bits per heavy atom. The van der Waals surface area contributed by atoms with Gasteiger partial charge in [0, 0.05) is 18.1 Å². The van der Waals surface area contributed by atoms with Gasteiger partial charge in [-0.2, -0.15) is 0 Å². The SMILES string of the molecule is O=C(O)[C@@H]1[C@H]2CCC(CN1C(=O)N(c1ccccc1)c1ccccc1)N2C(=O)N1CCCC1c1ccc(Cl)cc1. The summed E-state index contributed by atoms with van der Waals surface area (Å²) in [7, 11) is 0. The highest BCUT2D eigenvalue weighted by Crippen LogP contribution is 2.40. The summed E-state index contributed by atoms with van der Waals surface area (Å²) in [5, 5.41) is 11.1. The zero-order chi connectivity index (χ0) is 27.8. The van der Waals surface area contributed by atoms with Gasteiger partial charge in [-0.25, -0.2) is 14.4 Å². The standard InChI is InChI=1S/C31H31ClN4O4/c32-22-15-13-21(14-16-22)26-12-7-19-33(26)30(39)36-25-17-18-27(36)28(29(37)38)34(20-25)31(40)35(23-8-3-1-4-9-23)24-10-5-2-6-11-24/h1-6,8-11,13-16,25-28H,7,12,17-20H2,(H,37,38)/t25?,26?,27-,28+/m1/s1. The van der Waals surface area contributed by atoms with Crippen LogP contribution < -0.4 is 4.90 Å². The number of fused-ring (bicyclic) bond motifs is 2. The second-order valence-electron chi connectivity index (χ2n) is 10.6. The molecule has 0 aliphatic carbocycles. The summed E-state index contributed by atoms with van der Waals surface area (Å²) in [6.07, 6.45) is 2.90. The van der Waals surface area contributed by atoms with Crippen molar-refractivity contribution in [2.24, 2.45) is 0 Å². The smallest absolute Gasteiger partial charge is 0.329 e. The van der Waals surface area contributed by atoms with Crippen LogP contribution in [0.25, 0.3) is 0 Å². The van der Waals surface area contributed by atoms with Crippen molar-refractivity contribution in [1.29, 1.82) is 0 Å². The van der Waals surface area contributed by atoms with Crippen LogP contribution in [0.4, 0.5) is 21.0 Å². The number of hydrogen-bond donors (Lipinski definition) is 1. The van der Waals surface area contributed by atoms with E-state index >= 15 is 0 Å². The molecule has 9 heteroatoms. The number of carbonyl (C=O) groups is 3. The van der Waals surface area contributed by atoms with E-state index in [-0.39, 0.29) is 24.7 Å². The Kier molecular flexibility index (Phi) is 7.11. The van der Waals surface area contributed by atoms with Crippen molar-refractivity contribution < 1.29 is 19.5 Å². The van der Waals surface area contributed by atoms with E-state index in [0.717, 1.165) is 18.4 Å². The fraction of sp³-hybridized carbons (Fsp3) is 0.323. The topological polar surface area (TPSA) is 84.4 Å². The molecular formula is C31H31ClN4O4. The van der Waals surface area contributed by atoms with Crippen LogP contribution in [0, 0.1) is 0 Å². The number of rotatable bonds is 4. The van der Waals surface area contributed by atoms with E-state index in [1.165, 1.54) is 4.90 Å². The molecule has 3 heterocycles. The van der Waals surface area contributed by atoms with E-state index in [9.17, 15) is 19.5 Å². The predicted molar refractivity (Wildman–Crippen MR) is 153 cm³/mol. The number of benzene rings is 3. The molecule has 0 spiro atoms. The van der Waals surface area contributed by atoms with Gasteiger partial charge in [0.15, 0.2) is 6.04 Å². The number of carboxylic acids is 1. The van der Waals surface area contributed by atoms with E-state index in [0.29, 0.717) is 35.8 Å². The van der Waals surface area contributed by atoms with E-state index in [1.807, 2.05) is 89.8 Å². The first-order valence-electron chi connectivity index (χ1n) is 13.7. The lowest BCUT2D eigenvalue weighted by molar-refractivity contribution is -0.145. The first kappa shape index (κ1) is 26.2. The highest BCUT2D eigenvalue weighted by Gasteiger charge is 2.55. The monoisotopic (exact) mass is 558 g/mol. The molecule has 0 radical (unpaired) electrons. The summed E-state index contributed by atoms with van der Waals surface area (Å²) >= 11 is 6.09. The molecule has 206 valence electrons. The number of para-hydroxylation sites is 2. The van der Waals surface area contributed by atoms with Crippen molar-refractivity contribution in [3.8, 4) is 0 Å². The minimum atomic E-state index is -1.15. The molecule has 3 aliphatic rings. The molecule has 3 aromatic carbocycles. The van der Waals surface area contributed by atoms with Crippen LogP contribution in [0.5, 0.6) is 0 Å². The lowest BCUT2D eigenvalue weighted by atomic mass is 10.0. The largest absolute Gasteiger partial charge is 0.480 e. The zero-order valence-corrected chi connectivity index (χ0v) is 22.7. The third-order valence-corrected chi connectivity index (χ3v) is 8.60. The van der Waals surface area contributed by atoms with Gasteiger partial charge in [-0.05, 0) is 67.6 Å². The van der Waals surface area contributed by atoms with Gasteiger partial charge < -0.3 is 19.8 Å². The van der Waals surface area contributed by atoms with Gasteiger partial charge in [-0.15, -0.1) is 0 Å². The molecule has 8 nitrogen and oxygen atoms in total. The highest BCUT2D eigenvalue weighted by molar-refractivity contribution is 6.30. The molecule has 4 amide bonds. The Morgan fingerprint density at radius 3 is 2.02 bits per heavy atom. The Labute approximate surface area is 238 Å². The molecule has 3 aromatic rings. The molecule has 2 bridgehead atoms. The number of carbonyl (C=O) groups excluding carboxylic acids is 2. The Morgan fingerprint density at radius 1 is 0.800 bits per heavy atom. The molecule has 6 rings (SSSR count). The van der Waals surface area contributed by atoms with Gasteiger partial charge in [-0.1, -0.05) is 60.1 Å². The molecule has 4 atom stereocenters. The van der Waals surface area contributed by atoms with Gasteiger partial charge in [0.25, 0.3) is 0 Å². The molecule has 2 unspecified atom stereocenters. The Hall–Kier alpha value is -4.04. The lowest BCUT2D eigenvalue weighted by Crippen LogP contribution is -2.67. The van der Waals surface area contributed by atoms with E-state index in [1.54, 1.807) is 9.80 Å². The molecular weight excluding hydrogens is 528 g/mol. The van der Waals surface area contributed by atoms with Gasteiger partial charge >= 0.3 is 18.0 Å². The number of likely N-dealkylation sites (tertiary alicyclic amines) is 2. The van der Waals surface area contributed by atoms with Crippen LogP contribution in [0.3, 0.4) is 0 Å². The van der Waals surface area contributed by atoms with Crippen molar-refractivity contribution >= 4 is 41.0 Å². The van der Waals surface area contributed by atoms with E-state index in [2.05, 4.69) is 0 Å². The minimum absolute atomic E-state index is 0.0845. The normalized spacial score (nSPS) is 23.8. The van der Waals surface area contributed by atoms with E-state index in [4.69, 9.17) is 11.6 Å². The molecule has 1 N–H and O–H groups in total. The third-order valence-electron chi connectivity index (χ3n) is 8.35. The first-order valence-corrected chi connectivity index (χ1v) is 14.1. The maximum atomic E-state index is 14.2. The average molecular weight is 559 g/mol. The number of halogens is 1. The van der Waals surface area contributed by atoms with Crippen LogP contribution in [0.15, 0.2) is 84.9 Å². The van der Waals surface area contributed by atoms with Crippen LogP contribution in [-0.2, 0) is 4.79 Å². The minimum Gasteiger partial charge on any atom is -0.480 e. The number of anilines is 2. The van der Waals surface area contributed by atoms with Crippen molar-refractivity contribution in [3.05, 3.63) is 95.5 Å². The maximum Gasteiger partial charge on any atom is 0.329 e. The molecule has 3 saturated heterocycles. The molecule has 3 aliphatic heterocycles. The molecule has 40 heavy (non-hydrogen) atoms. The van der Waals surface area contributed by atoms with Crippen molar-refractivity contribution in [3.63, 3.8) is 0 Å². The number of piperazine rings is 1. The summed E-state index contributed by atoms with van der Waals surface area (Å²) in [5.41, 5.74) is 2.32. The summed E-state index contributed by atoms with van der Waals surface area (Å²) in [6, 6.07) is 23.4. The Bertz CT molecular complexity index is 1350. The highest BCUT2D eigenvalue weighted by atomic mass is 35.5. The summed E-state index contributed by atoms with van der Waals surface area (Å²) in [4.78, 5) is 47.7. The number of amides is 4. The van der Waals surface area contributed by atoms with Crippen LogP contribution in [0.1, 0.15) is 37.3 Å². The van der Waals surface area contributed by atoms with Crippen LogP contribution >= 0.6 is 11.6 Å². The summed E-state index contributed by atoms with van der Waals surface area (Å²) in [6.45, 7) is 0.770. The zero-order valence-electron chi connectivity index (χ0n) is 22.0. The van der Waals surface area contributed by atoms with Gasteiger partial charge in [0.05, 0.1) is 29.5 Å². The summed E-state index contributed by atoms with van der Waals surface area (Å²) < 4.78 is 0. The second-order valence-corrected chi connectivity index (χ2v) is 11.1. The molecule has 0 aromatic heterocycles. The van der Waals surface area contributed by atoms with Crippen LogP contribution in [0.2, 0.25) is 5.02 Å². The number of nitrogens with zero attached hydrogens (tertiary/aromatic N) is 4. The number of carboxylic acid groups (broad SMARTS) is 1. The second kappa shape index (κ2) is 10.8. The predicted octanol–water partition coefficient (Wildman–Crippen LogP) is 6.16. The molecule has 0 saturated carbocycles. The first-order chi connectivity index (χ1) is 19.4. The fourth-order valence-corrected chi connectivity index (χ4v) is 6.70. The molecule has 3 fully saturated rings. The van der Waals surface area contributed by atoms with Gasteiger partial charge in [0.2, 0.25) is 0 Å². The van der Waals surface area contributed by atoms with Crippen molar-refractivity contribution in [1.82, 2.24) is 14.7 Å². The van der Waals surface area contributed by atoms with Gasteiger partial charge in [0.1, 0.15) is 0 Å². The quantitative estimate of drug-likeness (QED) is 0.416. The lowest BCUT2D eigenvalue weighted by Gasteiger charge is -2.47. The number of urea groups is 2. The van der Waals surface area contributed by atoms with Crippen molar-refractivity contribution in [2.75, 3.05) is 18.0 Å². The van der Waals surface area contributed by atoms with E-state index < -0.39 is 24.1 Å². The van der Waals surface area contributed by atoms with Gasteiger partial charge in [-0.3, -0.25) is 4.90 Å². The number of aliphatic carboxylic acids is 1. The fourth-order valence-electron chi connectivity index (χ4n) is 6.57. The number of hydrogen-bond acceptors (Lipinski definition) is 3. The Balaban J connectivity index is 1.30. The van der Waals surface area contributed by atoms with Crippen LogP contribution in [-0.4, -0.2) is 69.1 Å². The van der Waals surface area contributed by atoms with Crippen molar-refractivity contribution in [2.45, 2.75) is 49.9 Å². The maximum absolute atomic E-state index is 14.2.